The molecule has 0 bridgehead atoms. The van der Waals surface area contributed by atoms with E-state index in [2.05, 4.69) is 12.2 Å². The zero-order chi connectivity index (χ0) is 11.1. The molecule has 1 saturated carbocycles. The molecule has 0 heterocycles. The Morgan fingerprint density at radius 3 is 2.73 bits per heavy atom. The lowest BCUT2D eigenvalue weighted by molar-refractivity contribution is 0.528. The van der Waals surface area contributed by atoms with Crippen molar-refractivity contribution in [1.29, 1.82) is 5.41 Å². The molecule has 1 aliphatic carbocycles. The van der Waals surface area contributed by atoms with Crippen molar-refractivity contribution in [3.05, 3.63) is 0 Å². The van der Waals surface area contributed by atoms with E-state index in [1.165, 1.54) is 25.7 Å². The number of halogens is 1. The number of hydrogen-bond donors (Lipinski definition) is 2. The van der Waals surface area contributed by atoms with Crippen LogP contribution < -0.4 is 5.32 Å². The summed E-state index contributed by atoms with van der Waals surface area (Å²) in [5.74, 6) is 2.74. The maximum absolute atomic E-state index is 7.77. The first-order chi connectivity index (χ1) is 7.22. The highest BCUT2D eigenvalue weighted by Crippen LogP contribution is 2.23. The second-order valence-electron chi connectivity index (χ2n) is 4.81. The van der Waals surface area contributed by atoms with Gasteiger partial charge in [-0.25, -0.2) is 0 Å². The van der Waals surface area contributed by atoms with Crippen molar-refractivity contribution < 1.29 is 0 Å². The molecular weight excluding hydrogens is 208 g/mol. The summed E-state index contributed by atoms with van der Waals surface area (Å²) in [6.07, 6.45) is 7.32. The Hall–Kier alpha value is -0.240. The number of rotatable bonds is 6. The van der Waals surface area contributed by atoms with Crippen LogP contribution in [0.1, 0.15) is 45.4 Å². The number of hydrogen-bond acceptors (Lipinski definition) is 1. The fourth-order valence-electron chi connectivity index (χ4n) is 2.04. The second kappa shape index (κ2) is 7.10. The van der Waals surface area contributed by atoms with Crippen molar-refractivity contribution in [3.63, 3.8) is 0 Å². The van der Waals surface area contributed by atoms with Crippen LogP contribution in [-0.4, -0.2) is 18.3 Å². The molecule has 1 atom stereocenters. The normalized spacial score (nSPS) is 19.1. The predicted octanol–water partition coefficient (Wildman–Crippen LogP) is 3.40. The molecule has 0 saturated heterocycles. The standard InChI is InChI=1S/C12H23ClN2/c1-10(8-13)6-7-12(14)15-9-11-4-2-3-5-11/h10-11H,2-9H2,1H3,(H2,14,15). The van der Waals surface area contributed by atoms with Crippen LogP contribution in [-0.2, 0) is 0 Å². The lowest BCUT2D eigenvalue weighted by Gasteiger charge is -2.13. The lowest BCUT2D eigenvalue weighted by Crippen LogP contribution is -2.27. The van der Waals surface area contributed by atoms with E-state index in [1.54, 1.807) is 0 Å². The third-order valence-corrected chi connectivity index (χ3v) is 3.76. The summed E-state index contributed by atoms with van der Waals surface area (Å²) < 4.78 is 0. The van der Waals surface area contributed by atoms with Gasteiger partial charge in [0.05, 0.1) is 5.84 Å². The van der Waals surface area contributed by atoms with Gasteiger partial charge in [-0.1, -0.05) is 19.8 Å². The molecule has 2 nitrogen and oxygen atoms in total. The van der Waals surface area contributed by atoms with E-state index in [0.29, 0.717) is 17.6 Å². The van der Waals surface area contributed by atoms with Gasteiger partial charge in [0.2, 0.25) is 0 Å². The van der Waals surface area contributed by atoms with E-state index >= 15 is 0 Å². The van der Waals surface area contributed by atoms with Crippen LogP contribution in [0, 0.1) is 17.2 Å². The van der Waals surface area contributed by atoms with Crippen molar-refractivity contribution in [2.75, 3.05) is 12.4 Å². The van der Waals surface area contributed by atoms with Crippen LogP contribution in [0.15, 0.2) is 0 Å². The van der Waals surface area contributed by atoms with Gasteiger partial charge in [0, 0.05) is 18.8 Å². The van der Waals surface area contributed by atoms with Crippen molar-refractivity contribution in [1.82, 2.24) is 5.32 Å². The summed E-state index contributed by atoms with van der Waals surface area (Å²) in [6, 6.07) is 0. The molecule has 1 aliphatic rings. The van der Waals surface area contributed by atoms with Gasteiger partial charge in [0.1, 0.15) is 0 Å². The molecule has 88 valence electrons. The molecule has 1 fully saturated rings. The van der Waals surface area contributed by atoms with E-state index in [1.807, 2.05) is 0 Å². The minimum Gasteiger partial charge on any atom is -0.374 e. The van der Waals surface area contributed by atoms with Gasteiger partial charge in [-0.2, -0.15) is 0 Å². The molecule has 0 aliphatic heterocycles. The number of alkyl halides is 1. The molecule has 0 spiro atoms. The van der Waals surface area contributed by atoms with E-state index < -0.39 is 0 Å². The van der Waals surface area contributed by atoms with E-state index in [-0.39, 0.29) is 0 Å². The Morgan fingerprint density at radius 2 is 2.13 bits per heavy atom. The molecule has 3 heteroatoms. The van der Waals surface area contributed by atoms with Crippen LogP contribution in [0.25, 0.3) is 0 Å². The van der Waals surface area contributed by atoms with Crippen LogP contribution in [0.4, 0.5) is 0 Å². The molecule has 0 aromatic heterocycles. The predicted molar refractivity (Wildman–Crippen MR) is 66.8 cm³/mol. The largest absolute Gasteiger partial charge is 0.374 e. The van der Waals surface area contributed by atoms with Gasteiger partial charge in [-0.15, -0.1) is 11.6 Å². The van der Waals surface area contributed by atoms with Crippen molar-refractivity contribution in [2.24, 2.45) is 11.8 Å². The first kappa shape index (κ1) is 12.8. The second-order valence-corrected chi connectivity index (χ2v) is 5.12. The van der Waals surface area contributed by atoms with Gasteiger partial charge in [-0.3, -0.25) is 5.41 Å². The van der Waals surface area contributed by atoms with Crippen molar-refractivity contribution in [2.45, 2.75) is 45.4 Å². The fourth-order valence-corrected chi connectivity index (χ4v) is 2.19. The Morgan fingerprint density at radius 1 is 1.47 bits per heavy atom. The minimum atomic E-state index is 0.528. The van der Waals surface area contributed by atoms with E-state index in [4.69, 9.17) is 17.0 Å². The van der Waals surface area contributed by atoms with Gasteiger partial charge < -0.3 is 5.32 Å². The summed E-state index contributed by atoms with van der Waals surface area (Å²) in [7, 11) is 0. The maximum atomic E-state index is 7.77. The topological polar surface area (TPSA) is 35.9 Å². The van der Waals surface area contributed by atoms with Crippen molar-refractivity contribution >= 4 is 17.4 Å². The molecular formula is C12H23ClN2. The molecule has 0 aromatic rings. The van der Waals surface area contributed by atoms with Gasteiger partial charge in [0.15, 0.2) is 0 Å². The zero-order valence-corrected chi connectivity index (χ0v) is 10.4. The SMILES string of the molecule is CC(CCl)CCC(=N)NCC1CCCC1. The van der Waals surface area contributed by atoms with Crippen LogP contribution >= 0.6 is 11.6 Å². The summed E-state index contributed by atoms with van der Waals surface area (Å²) in [6.45, 7) is 3.14. The molecule has 2 N–H and O–H groups in total. The van der Waals surface area contributed by atoms with Gasteiger partial charge in [0.25, 0.3) is 0 Å². The first-order valence-corrected chi connectivity index (χ1v) is 6.63. The summed E-state index contributed by atoms with van der Waals surface area (Å²) in [5, 5.41) is 11.0. The molecule has 0 amide bonds. The monoisotopic (exact) mass is 230 g/mol. The van der Waals surface area contributed by atoms with Crippen LogP contribution in [0.3, 0.4) is 0 Å². The number of amidine groups is 1. The van der Waals surface area contributed by atoms with Crippen molar-refractivity contribution in [3.8, 4) is 0 Å². The highest BCUT2D eigenvalue weighted by Gasteiger charge is 2.14. The Balaban J connectivity index is 2.02. The van der Waals surface area contributed by atoms with E-state index in [0.717, 1.165) is 25.3 Å². The highest BCUT2D eigenvalue weighted by atomic mass is 35.5. The third kappa shape index (κ3) is 5.41. The molecule has 0 aromatic carbocycles. The molecule has 15 heavy (non-hydrogen) atoms. The molecule has 0 radical (unpaired) electrons. The zero-order valence-electron chi connectivity index (χ0n) is 9.69. The average molecular weight is 231 g/mol. The quantitative estimate of drug-likeness (QED) is 0.410. The third-order valence-electron chi connectivity index (χ3n) is 3.23. The summed E-state index contributed by atoms with van der Waals surface area (Å²) in [4.78, 5) is 0. The molecule has 1 rings (SSSR count). The average Bonchev–Trinajstić information content (AvgIpc) is 2.75. The lowest BCUT2D eigenvalue weighted by atomic mass is 10.1. The smallest absolute Gasteiger partial charge is 0.0931 e. The van der Waals surface area contributed by atoms with Gasteiger partial charge >= 0.3 is 0 Å². The van der Waals surface area contributed by atoms with Gasteiger partial charge in [-0.05, 0) is 31.1 Å². The molecule has 1 unspecified atom stereocenters. The Kier molecular flexibility index (Phi) is 6.07. The summed E-state index contributed by atoms with van der Waals surface area (Å²) >= 11 is 5.73. The summed E-state index contributed by atoms with van der Waals surface area (Å²) in [5.41, 5.74) is 0. The van der Waals surface area contributed by atoms with Crippen LogP contribution in [0.2, 0.25) is 0 Å². The Labute approximate surface area is 98.3 Å². The maximum Gasteiger partial charge on any atom is 0.0931 e. The van der Waals surface area contributed by atoms with E-state index in [9.17, 15) is 0 Å². The Bertz CT molecular complexity index is 188. The first-order valence-electron chi connectivity index (χ1n) is 6.09. The fraction of sp³-hybridized carbons (Fsp3) is 0.917. The highest BCUT2D eigenvalue weighted by molar-refractivity contribution is 6.18. The minimum absolute atomic E-state index is 0.528. The van der Waals surface area contributed by atoms with Crippen LogP contribution in [0.5, 0.6) is 0 Å². The number of nitrogens with one attached hydrogen (secondary N) is 2.